The fourth-order valence-corrected chi connectivity index (χ4v) is 3.95. The van der Waals surface area contributed by atoms with E-state index in [1.807, 2.05) is 6.92 Å². The van der Waals surface area contributed by atoms with Gasteiger partial charge in [-0.15, -0.1) is 11.8 Å². The lowest BCUT2D eigenvalue weighted by Gasteiger charge is -2.16. The summed E-state index contributed by atoms with van der Waals surface area (Å²) in [4.78, 5) is 30.4. The Kier molecular flexibility index (Phi) is 4.72. The van der Waals surface area contributed by atoms with Gasteiger partial charge in [-0.25, -0.2) is 4.79 Å². The Bertz CT molecular complexity index is 980. The van der Waals surface area contributed by atoms with Crippen molar-refractivity contribution >= 4 is 34.4 Å². The van der Waals surface area contributed by atoms with Gasteiger partial charge in [-0.1, -0.05) is 17.7 Å². The van der Waals surface area contributed by atoms with Crippen molar-refractivity contribution in [2.75, 3.05) is 5.32 Å². The lowest BCUT2D eigenvalue weighted by Crippen LogP contribution is -2.22. The van der Waals surface area contributed by atoms with Crippen LogP contribution in [0.3, 0.4) is 0 Å². The first kappa shape index (κ1) is 17.4. The van der Waals surface area contributed by atoms with Gasteiger partial charge in [0.25, 0.3) is 0 Å². The number of benzene rings is 2. The minimum Gasteiger partial charge on any atom is -0.325 e. The maximum Gasteiger partial charge on any atom is 0.323 e. The van der Waals surface area contributed by atoms with Crippen molar-refractivity contribution in [1.29, 1.82) is 0 Å². The van der Waals surface area contributed by atoms with Crippen molar-refractivity contribution in [3.05, 3.63) is 57.5 Å². The summed E-state index contributed by atoms with van der Waals surface area (Å²) < 4.78 is 0. The van der Waals surface area contributed by atoms with Crippen LogP contribution in [-0.4, -0.2) is 21.1 Å². The molecular weight excluding hydrogens is 334 g/mol. The molecule has 0 radical (unpaired) electrons. The Morgan fingerprint density at radius 3 is 2.36 bits per heavy atom. The molecule has 5 nitrogen and oxygen atoms in total. The third-order valence-electron chi connectivity index (χ3n) is 4.05. The number of hydrogen-bond donors (Lipinski definition) is 3. The monoisotopic (exact) mass is 355 g/mol. The largest absolute Gasteiger partial charge is 0.325 e. The van der Waals surface area contributed by atoms with Gasteiger partial charge in [0.2, 0.25) is 5.91 Å². The van der Waals surface area contributed by atoms with Crippen LogP contribution in [0.1, 0.15) is 23.6 Å². The number of imidazole rings is 1. The second-order valence-corrected chi connectivity index (χ2v) is 7.67. The lowest BCUT2D eigenvalue weighted by molar-refractivity contribution is -0.115. The van der Waals surface area contributed by atoms with E-state index in [0.29, 0.717) is 11.2 Å². The van der Waals surface area contributed by atoms with Crippen molar-refractivity contribution in [1.82, 2.24) is 9.97 Å². The third-order valence-corrected chi connectivity index (χ3v) is 5.50. The van der Waals surface area contributed by atoms with Crippen LogP contribution >= 0.6 is 11.8 Å². The second-order valence-electron chi connectivity index (χ2n) is 6.32. The summed E-state index contributed by atoms with van der Waals surface area (Å²) in [5.74, 6) is -0.0680. The van der Waals surface area contributed by atoms with E-state index < -0.39 is 0 Å². The van der Waals surface area contributed by atoms with Gasteiger partial charge in [-0.2, -0.15) is 0 Å². The van der Waals surface area contributed by atoms with E-state index in [2.05, 4.69) is 48.2 Å². The molecule has 25 heavy (non-hydrogen) atoms. The molecule has 1 unspecified atom stereocenters. The number of amides is 1. The number of rotatable bonds is 4. The minimum absolute atomic E-state index is 0.0680. The molecule has 3 rings (SSSR count). The van der Waals surface area contributed by atoms with Gasteiger partial charge in [0.05, 0.1) is 16.3 Å². The Hall–Kier alpha value is -2.47. The second kappa shape index (κ2) is 6.80. The highest BCUT2D eigenvalue weighted by Gasteiger charge is 2.17. The molecule has 0 saturated carbocycles. The van der Waals surface area contributed by atoms with Crippen LogP contribution in [0.2, 0.25) is 0 Å². The number of aromatic nitrogens is 2. The summed E-state index contributed by atoms with van der Waals surface area (Å²) in [6, 6.07) is 9.58. The maximum atomic E-state index is 12.5. The summed E-state index contributed by atoms with van der Waals surface area (Å²) >= 11 is 1.56. The summed E-state index contributed by atoms with van der Waals surface area (Å²) in [5.41, 5.74) is 5.40. The summed E-state index contributed by atoms with van der Waals surface area (Å²) in [6.07, 6.45) is 0. The molecule has 0 fully saturated rings. The Morgan fingerprint density at radius 1 is 1.04 bits per heavy atom. The average molecular weight is 355 g/mol. The molecule has 1 atom stereocenters. The van der Waals surface area contributed by atoms with E-state index in [-0.39, 0.29) is 16.8 Å². The summed E-state index contributed by atoms with van der Waals surface area (Å²) in [5, 5.41) is 2.68. The summed E-state index contributed by atoms with van der Waals surface area (Å²) in [7, 11) is 0. The fourth-order valence-electron chi connectivity index (χ4n) is 2.94. The minimum atomic E-state index is -0.257. The van der Waals surface area contributed by atoms with E-state index in [9.17, 15) is 9.59 Å². The lowest BCUT2D eigenvalue weighted by atomic mass is 10.1. The van der Waals surface area contributed by atoms with Crippen LogP contribution in [0, 0.1) is 20.8 Å². The van der Waals surface area contributed by atoms with Gasteiger partial charge in [-0.3, -0.25) is 4.79 Å². The highest BCUT2D eigenvalue weighted by molar-refractivity contribution is 8.00. The van der Waals surface area contributed by atoms with Gasteiger partial charge in [0, 0.05) is 10.6 Å². The van der Waals surface area contributed by atoms with Crippen molar-refractivity contribution in [2.45, 2.75) is 37.8 Å². The first-order valence-electron chi connectivity index (χ1n) is 8.11. The number of carbonyl (C=O) groups excluding carboxylic acids is 1. The molecular formula is C19H21N3O2S. The molecule has 0 aliphatic rings. The van der Waals surface area contributed by atoms with E-state index in [4.69, 9.17) is 0 Å². The first-order valence-corrected chi connectivity index (χ1v) is 8.99. The fraction of sp³-hybridized carbons (Fsp3) is 0.263. The standard InChI is InChI=1S/C19H21N3O2S/c1-10-7-11(2)17(12(3)8-10)25-13(4)18(23)20-14-5-6-15-16(9-14)22-19(24)21-15/h5-9,13H,1-4H3,(H,20,23)(H2,21,22,24). The van der Waals surface area contributed by atoms with Crippen LogP contribution in [-0.2, 0) is 4.79 Å². The third kappa shape index (κ3) is 3.79. The van der Waals surface area contributed by atoms with Crippen LogP contribution in [0.5, 0.6) is 0 Å². The van der Waals surface area contributed by atoms with E-state index >= 15 is 0 Å². The molecule has 1 heterocycles. The number of carbonyl (C=O) groups is 1. The van der Waals surface area contributed by atoms with E-state index in [1.165, 1.54) is 16.7 Å². The predicted molar refractivity (Wildman–Crippen MR) is 104 cm³/mol. The Labute approximate surface area is 150 Å². The van der Waals surface area contributed by atoms with E-state index in [0.717, 1.165) is 10.4 Å². The average Bonchev–Trinajstić information content (AvgIpc) is 2.89. The molecule has 0 bridgehead atoms. The normalized spacial score (nSPS) is 12.3. The molecule has 1 aromatic heterocycles. The van der Waals surface area contributed by atoms with Crippen molar-refractivity contribution < 1.29 is 4.79 Å². The molecule has 0 saturated heterocycles. The molecule has 130 valence electrons. The molecule has 6 heteroatoms. The van der Waals surface area contributed by atoms with Gasteiger partial charge in [0.15, 0.2) is 0 Å². The van der Waals surface area contributed by atoms with Crippen LogP contribution in [0.4, 0.5) is 5.69 Å². The smallest absolute Gasteiger partial charge is 0.323 e. The summed E-state index contributed by atoms with van der Waals surface area (Å²) in [6.45, 7) is 8.12. The Balaban J connectivity index is 1.74. The molecule has 0 aliphatic heterocycles. The predicted octanol–water partition coefficient (Wildman–Crippen LogP) is 3.90. The zero-order valence-electron chi connectivity index (χ0n) is 14.7. The van der Waals surface area contributed by atoms with Gasteiger partial charge >= 0.3 is 5.69 Å². The molecule has 0 aliphatic carbocycles. The van der Waals surface area contributed by atoms with Crippen LogP contribution < -0.4 is 11.0 Å². The molecule has 1 amide bonds. The SMILES string of the molecule is Cc1cc(C)c(SC(C)C(=O)Nc2ccc3[nH]c(=O)[nH]c3c2)c(C)c1. The maximum absolute atomic E-state index is 12.5. The quantitative estimate of drug-likeness (QED) is 0.621. The van der Waals surface area contributed by atoms with Gasteiger partial charge in [-0.05, 0) is 57.0 Å². The number of aromatic amines is 2. The molecule has 2 aromatic carbocycles. The highest BCUT2D eigenvalue weighted by Crippen LogP contribution is 2.31. The highest BCUT2D eigenvalue weighted by atomic mass is 32.2. The number of fused-ring (bicyclic) bond motifs is 1. The van der Waals surface area contributed by atoms with E-state index in [1.54, 1.807) is 30.0 Å². The number of H-pyrrole nitrogens is 2. The van der Waals surface area contributed by atoms with Gasteiger partial charge in [0.1, 0.15) is 0 Å². The number of anilines is 1. The van der Waals surface area contributed by atoms with Crippen molar-refractivity contribution in [3.8, 4) is 0 Å². The zero-order valence-corrected chi connectivity index (χ0v) is 15.5. The van der Waals surface area contributed by atoms with Gasteiger partial charge < -0.3 is 15.3 Å². The van der Waals surface area contributed by atoms with Crippen LogP contribution in [0.15, 0.2) is 40.0 Å². The molecule has 3 N–H and O–H groups in total. The topological polar surface area (TPSA) is 77.8 Å². The number of aryl methyl sites for hydroxylation is 3. The number of nitrogens with one attached hydrogen (secondary N) is 3. The zero-order chi connectivity index (χ0) is 18.1. The van der Waals surface area contributed by atoms with Crippen molar-refractivity contribution in [3.63, 3.8) is 0 Å². The first-order chi connectivity index (χ1) is 11.8. The molecule has 3 aromatic rings. The number of thioether (sulfide) groups is 1. The Morgan fingerprint density at radius 2 is 1.68 bits per heavy atom. The van der Waals surface area contributed by atoms with Crippen molar-refractivity contribution in [2.24, 2.45) is 0 Å². The number of hydrogen-bond acceptors (Lipinski definition) is 3. The molecule has 0 spiro atoms. The van der Waals surface area contributed by atoms with Crippen LogP contribution in [0.25, 0.3) is 11.0 Å².